The predicted molar refractivity (Wildman–Crippen MR) is 128 cm³/mol. The number of benzene rings is 1. The Morgan fingerprint density at radius 1 is 1.26 bits per heavy atom. The zero-order valence-electron chi connectivity index (χ0n) is 19.2. The van der Waals surface area contributed by atoms with Crippen LogP contribution in [-0.4, -0.2) is 41.4 Å². The van der Waals surface area contributed by atoms with E-state index in [1.54, 1.807) is 6.07 Å². The topological polar surface area (TPSA) is 61.4 Å². The number of amides is 2. The average molecular weight is 468 g/mol. The zero-order valence-corrected chi connectivity index (χ0v) is 20.7. The lowest BCUT2D eigenvalue weighted by atomic mass is 9.67. The Morgan fingerprint density at radius 3 is 2.48 bits per heavy atom. The predicted octanol–water partition coefficient (Wildman–Crippen LogP) is 4.82. The SMILES string of the molecule is C=CC1CCC(CN(C)Cc2ccc(Cl)c(Cl)c2)C(NC(C)=O)(C(=O)NC(C)(C)C)C1. The molecule has 1 aliphatic carbocycles. The fraction of sp³-hybridized carbons (Fsp3) is 0.583. The van der Waals surface area contributed by atoms with E-state index in [9.17, 15) is 9.59 Å². The van der Waals surface area contributed by atoms with E-state index < -0.39 is 11.1 Å². The summed E-state index contributed by atoms with van der Waals surface area (Å²) in [5.74, 6) is -0.197. The van der Waals surface area contributed by atoms with E-state index in [2.05, 4.69) is 22.1 Å². The van der Waals surface area contributed by atoms with Crippen LogP contribution < -0.4 is 10.6 Å². The van der Waals surface area contributed by atoms with Gasteiger partial charge in [0.15, 0.2) is 0 Å². The van der Waals surface area contributed by atoms with Gasteiger partial charge in [0.1, 0.15) is 5.54 Å². The molecule has 0 aliphatic heterocycles. The molecule has 1 aliphatic rings. The summed E-state index contributed by atoms with van der Waals surface area (Å²) < 4.78 is 0. The van der Waals surface area contributed by atoms with Crippen LogP contribution in [0.4, 0.5) is 0 Å². The van der Waals surface area contributed by atoms with Crippen LogP contribution in [0.15, 0.2) is 30.9 Å². The molecule has 0 bridgehead atoms. The second-order valence-corrected chi connectivity index (χ2v) is 10.6. The lowest BCUT2D eigenvalue weighted by Crippen LogP contribution is -2.68. The van der Waals surface area contributed by atoms with Gasteiger partial charge in [0.2, 0.25) is 11.8 Å². The van der Waals surface area contributed by atoms with Gasteiger partial charge in [-0.05, 0) is 70.7 Å². The zero-order chi connectivity index (χ0) is 23.4. The fourth-order valence-corrected chi connectivity index (χ4v) is 4.76. The molecule has 3 unspecified atom stereocenters. The van der Waals surface area contributed by atoms with Gasteiger partial charge in [-0.1, -0.05) is 35.3 Å². The largest absolute Gasteiger partial charge is 0.349 e. The van der Waals surface area contributed by atoms with Crippen molar-refractivity contribution in [1.29, 1.82) is 0 Å². The minimum atomic E-state index is -0.984. The molecule has 0 radical (unpaired) electrons. The molecule has 31 heavy (non-hydrogen) atoms. The van der Waals surface area contributed by atoms with Crippen molar-refractivity contribution in [3.63, 3.8) is 0 Å². The van der Waals surface area contributed by atoms with E-state index in [0.717, 1.165) is 18.4 Å². The smallest absolute Gasteiger partial charge is 0.246 e. The van der Waals surface area contributed by atoms with E-state index >= 15 is 0 Å². The number of nitrogens with zero attached hydrogens (tertiary/aromatic N) is 1. The van der Waals surface area contributed by atoms with E-state index in [0.29, 0.717) is 29.6 Å². The van der Waals surface area contributed by atoms with Gasteiger partial charge < -0.3 is 15.5 Å². The molecule has 2 N–H and O–H groups in total. The Kier molecular flexibility index (Phi) is 8.60. The summed E-state index contributed by atoms with van der Waals surface area (Å²) in [7, 11) is 2.02. The molecular weight excluding hydrogens is 433 g/mol. The van der Waals surface area contributed by atoms with Crippen LogP contribution in [0.2, 0.25) is 10.0 Å². The molecule has 172 valence electrons. The number of carbonyl (C=O) groups is 2. The highest BCUT2D eigenvalue weighted by Crippen LogP contribution is 2.39. The second kappa shape index (κ2) is 10.4. The lowest BCUT2D eigenvalue weighted by molar-refractivity contribution is -0.139. The Hall–Kier alpha value is -1.56. The Labute approximate surface area is 196 Å². The number of nitrogens with one attached hydrogen (secondary N) is 2. The summed E-state index contributed by atoms with van der Waals surface area (Å²) in [6.07, 6.45) is 4.21. The summed E-state index contributed by atoms with van der Waals surface area (Å²) in [4.78, 5) is 27.9. The van der Waals surface area contributed by atoms with Crippen molar-refractivity contribution in [3.05, 3.63) is 46.5 Å². The second-order valence-electron chi connectivity index (χ2n) is 9.78. The quantitative estimate of drug-likeness (QED) is 0.565. The summed E-state index contributed by atoms with van der Waals surface area (Å²) in [6, 6.07) is 5.61. The molecule has 5 nitrogen and oxygen atoms in total. The highest BCUT2D eigenvalue weighted by Gasteiger charge is 2.50. The highest BCUT2D eigenvalue weighted by molar-refractivity contribution is 6.42. The number of hydrogen-bond donors (Lipinski definition) is 2. The first-order valence-corrected chi connectivity index (χ1v) is 11.5. The van der Waals surface area contributed by atoms with Crippen molar-refractivity contribution < 1.29 is 9.59 Å². The Morgan fingerprint density at radius 2 is 1.94 bits per heavy atom. The molecule has 1 aromatic carbocycles. The van der Waals surface area contributed by atoms with E-state index in [4.69, 9.17) is 23.2 Å². The monoisotopic (exact) mass is 467 g/mol. The maximum absolute atomic E-state index is 13.6. The van der Waals surface area contributed by atoms with Gasteiger partial charge in [-0.2, -0.15) is 0 Å². The van der Waals surface area contributed by atoms with Gasteiger partial charge in [-0.3, -0.25) is 9.59 Å². The average Bonchev–Trinajstić information content (AvgIpc) is 2.64. The molecule has 1 saturated carbocycles. The van der Waals surface area contributed by atoms with Crippen molar-refractivity contribution in [2.24, 2.45) is 11.8 Å². The fourth-order valence-electron chi connectivity index (χ4n) is 4.44. The number of carbonyl (C=O) groups excluding carboxylic acids is 2. The van der Waals surface area contributed by atoms with Crippen LogP contribution in [0.3, 0.4) is 0 Å². The van der Waals surface area contributed by atoms with Crippen LogP contribution in [0.25, 0.3) is 0 Å². The van der Waals surface area contributed by atoms with Crippen molar-refractivity contribution in [3.8, 4) is 0 Å². The minimum Gasteiger partial charge on any atom is -0.349 e. The van der Waals surface area contributed by atoms with Crippen LogP contribution in [0, 0.1) is 11.8 Å². The lowest BCUT2D eigenvalue weighted by Gasteiger charge is -2.47. The van der Waals surface area contributed by atoms with Gasteiger partial charge in [0.25, 0.3) is 0 Å². The molecule has 7 heteroatoms. The van der Waals surface area contributed by atoms with Gasteiger partial charge in [0.05, 0.1) is 10.0 Å². The van der Waals surface area contributed by atoms with E-state index in [1.165, 1.54) is 6.92 Å². The van der Waals surface area contributed by atoms with Crippen molar-refractivity contribution in [2.75, 3.05) is 13.6 Å². The van der Waals surface area contributed by atoms with Crippen molar-refractivity contribution in [2.45, 2.75) is 64.6 Å². The van der Waals surface area contributed by atoms with Crippen molar-refractivity contribution >= 4 is 35.0 Å². The maximum Gasteiger partial charge on any atom is 0.246 e. The molecule has 1 fully saturated rings. The molecule has 3 atom stereocenters. The normalized spacial score (nSPS) is 24.0. The molecule has 0 heterocycles. The van der Waals surface area contributed by atoms with Gasteiger partial charge >= 0.3 is 0 Å². The molecule has 2 amide bonds. The Balaban J connectivity index is 2.30. The van der Waals surface area contributed by atoms with Crippen LogP contribution >= 0.6 is 23.2 Å². The van der Waals surface area contributed by atoms with Crippen LogP contribution in [-0.2, 0) is 16.1 Å². The van der Waals surface area contributed by atoms with Crippen LogP contribution in [0.1, 0.15) is 52.5 Å². The summed E-state index contributed by atoms with van der Waals surface area (Å²) in [5.41, 5.74) is -0.344. The molecule has 0 aromatic heterocycles. The van der Waals surface area contributed by atoms with Gasteiger partial charge in [0, 0.05) is 31.5 Å². The number of halogens is 2. The van der Waals surface area contributed by atoms with E-state index in [-0.39, 0.29) is 23.7 Å². The summed E-state index contributed by atoms with van der Waals surface area (Å²) in [6.45, 7) is 12.6. The minimum absolute atomic E-state index is 0.0391. The first-order chi connectivity index (χ1) is 14.4. The first kappa shape index (κ1) is 25.7. The molecular formula is C24H35Cl2N3O2. The highest BCUT2D eigenvalue weighted by atomic mass is 35.5. The third-order valence-corrected chi connectivity index (χ3v) is 6.50. The summed E-state index contributed by atoms with van der Waals surface area (Å²) >= 11 is 12.2. The molecule has 0 saturated heterocycles. The number of hydrogen-bond acceptors (Lipinski definition) is 3. The third kappa shape index (κ3) is 6.96. The van der Waals surface area contributed by atoms with Crippen molar-refractivity contribution in [1.82, 2.24) is 15.5 Å². The molecule has 2 rings (SSSR count). The number of rotatable bonds is 7. The van der Waals surface area contributed by atoms with E-state index in [1.807, 2.05) is 46.0 Å². The molecule has 0 spiro atoms. The summed E-state index contributed by atoms with van der Waals surface area (Å²) in [5, 5.41) is 7.21. The standard InChI is InChI=1S/C24H35Cl2N3O2/c1-7-17-8-10-19(15-29(6)14-18-9-11-20(25)21(26)12-18)24(13-17,27-16(2)30)22(31)28-23(3,4)5/h7,9,11-12,17,19H,1,8,10,13-15H2,2-6H3,(H,27,30)(H,28,31). The van der Waals surface area contributed by atoms with Gasteiger partial charge in [-0.15, -0.1) is 6.58 Å². The third-order valence-electron chi connectivity index (χ3n) is 5.76. The van der Waals surface area contributed by atoms with Gasteiger partial charge in [-0.25, -0.2) is 0 Å². The first-order valence-electron chi connectivity index (χ1n) is 10.7. The molecule has 1 aromatic rings. The van der Waals surface area contributed by atoms with Crippen LogP contribution in [0.5, 0.6) is 0 Å². The maximum atomic E-state index is 13.6. The number of allylic oxidation sites excluding steroid dienone is 1. The Bertz CT molecular complexity index is 822.